The van der Waals surface area contributed by atoms with Crippen molar-refractivity contribution in [2.24, 2.45) is 0 Å². The number of carbonyl (C=O) groups excluding carboxylic acids is 1. The van der Waals surface area contributed by atoms with Crippen LogP contribution in [-0.4, -0.2) is 49.4 Å². The molecular weight excluding hydrogens is 314 g/mol. The van der Waals surface area contributed by atoms with Crippen LogP contribution in [0.1, 0.15) is 41.6 Å². The normalized spacial score (nSPS) is 12.6. The molecule has 5 heteroatoms. The zero-order chi connectivity index (χ0) is 18.2. The van der Waals surface area contributed by atoms with Crippen LogP contribution in [0.15, 0.2) is 47.1 Å². The van der Waals surface area contributed by atoms with Crippen molar-refractivity contribution in [1.29, 1.82) is 0 Å². The van der Waals surface area contributed by atoms with Gasteiger partial charge in [0, 0.05) is 18.7 Å². The molecule has 2 aromatic rings. The molecule has 0 bridgehead atoms. The van der Waals surface area contributed by atoms with Gasteiger partial charge in [0.05, 0.1) is 12.3 Å². The van der Waals surface area contributed by atoms with Crippen molar-refractivity contribution in [2.75, 3.05) is 33.7 Å². The second kappa shape index (κ2) is 9.39. The number of furan rings is 1. The number of rotatable bonds is 9. The van der Waals surface area contributed by atoms with Gasteiger partial charge < -0.3 is 9.73 Å². The van der Waals surface area contributed by atoms with E-state index >= 15 is 0 Å². The third kappa shape index (κ3) is 5.44. The van der Waals surface area contributed by atoms with Crippen LogP contribution in [0.2, 0.25) is 0 Å². The Hall–Kier alpha value is -2.11. The summed E-state index contributed by atoms with van der Waals surface area (Å²) < 4.78 is 5.47. The lowest BCUT2D eigenvalue weighted by Crippen LogP contribution is -2.34. The largest absolute Gasteiger partial charge is 0.468 e. The predicted octanol–water partition coefficient (Wildman–Crippen LogP) is 3.15. The van der Waals surface area contributed by atoms with E-state index in [1.165, 1.54) is 5.56 Å². The zero-order valence-electron chi connectivity index (χ0n) is 15.7. The average Bonchev–Trinajstić information content (AvgIpc) is 3.14. The standard InChI is InChI=1S/C20H29N3O2/c1-5-23(6-2)15-16-9-11-17(12-10-16)20(24)21-14-18(22(3)4)19-8-7-13-25-19/h7-13,18H,5-6,14-15H2,1-4H3,(H,21,24). The van der Waals surface area contributed by atoms with Gasteiger partial charge in [0.2, 0.25) is 0 Å². The molecule has 5 nitrogen and oxygen atoms in total. The molecule has 1 amide bonds. The van der Waals surface area contributed by atoms with E-state index in [1.54, 1.807) is 6.26 Å². The van der Waals surface area contributed by atoms with E-state index in [2.05, 4.69) is 24.1 Å². The quantitative estimate of drug-likeness (QED) is 0.760. The minimum atomic E-state index is -0.0622. The number of benzene rings is 1. The zero-order valence-corrected chi connectivity index (χ0v) is 15.7. The highest BCUT2D eigenvalue weighted by atomic mass is 16.3. The summed E-state index contributed by atoms with van der Waals surface area (Å²) in [4.78, 5) is 16.8. The molecule has 0 aliphatic rings. The van der Waals surface area contributed by atoms with Crippen molar-refractivity contribution in [3.8, 4) is 0 Å². The topological polar surface area (TPSA) is 48.7 Å². The van der Waals surface area contributed by atoms with E-state index in [0.29, 0.717) is 12.1 Å². The molecule has 25 heavy (non-hydrogen) atoms. The minimum Gasteiger partial charge on any atom is -0.468 e. The number of carbonyl (C=O) groups is 1. The smallest absolute Gasteiger partial charge is 0.251 e. The second-order valence-corrected chi connectivity index (χ2v) is 6.36. The summed E-state index contributed by atoms with van der Waals surface area (Å²) in [5, 5.41) is 3.00. The van der Waals surface area contributed by atoms with Crippen molar-refractivity contribution in [1.82, 2.24) is 15.1 Å². The van der Waals surface area contributed by atoms with E-state index in [0.717, 1.165) is 25.4 Å². The number of nitrogens with zero attached hydrogens (tertiary/aromatic N) is 2. The Kier molecular flexibility index (Phi) is 7.22. The van der Waals surface area contributed by atoms with Crippen molar-refractivity contribution in [3.63, 3.8) is 0 Å². The highest BCUT2D eigenvalue weighted by molar-refractivity contribution is 5.94. The number of nitrogens with one attached hydrogen (secondary N) is 1. The molecule has 0 spiro atoms. The van der Waals surface area contributed by atoms with Crippen LogP contribution >= 0.6 is 0 Å². The Morgan fingerprint density at radius 1 is 1.12 bits per heavy atom. The summed E-state index contributed by atoms with van der Waals surface area (Å²) in [6.07, 6.45) is 1.66. The van der Waals surface area contributed by atoms with Gasteiger partial charge in [-0.1, -0.05) is 26.0 Å². The SMILES string of the molecule is CCN(CC)Cc1ccc(C(=O)NCC(c2ccco2)N(C)C)cc1. The van der Waals surface area contributed by atoms with Gasteiger partial charge in [0.15, 0.2) is 0 Å². The van der Waals surface area contributed by atoms with E-state index in [9.17, 15) is 4.79 Å². The minimum absolute atomic E-state index is 0.0147. The molecule has 1 atom stereocenters. The molecular formula is C20H29N3O2. The van der Waals surface area contributed by atoms with Crippen molar-refractivity contribution < 1.29 is 9.21 Å². The summed E-state index contributed by atoms with van der Waals surface area (Å²) in [7, 11) is 3.95. The van der Waals surface area contributed by atoms with Crippen LogP contribution in [0, 0.1) is 0 Å². The molecule has 1 N–H and O–H groups in total. The Morgan fingerprint density at radius 2 is 1.80 bits per heavy atom. The first-order valence-corrected chi connectivity index (χ1v) is 8.84. The molecule has 0 saturated heterocycles. The van der Waals surface area contributed by atoms with Gasteiger partial charge >= 0.3 is 0 Å². The van der Waals surface area contributed by atoms with Crippen molar-refractivity contribution >= 4 is 5.91 Å². The molecule has 0 saturated carbocycles. The monoisotopic (exact) mass is 343 g/mol. The lowest BCUT2D eigenvalue weighted by atomic mass is 10.1. The lowest BCUT2D eigenvalue weighted by molar-refractivity contribution is 0.0939. The summed E-state index contributed by atoms with van der Waals surface area (Å²) >= 11 is 0. The molecule has 1 aromatic carbocycles. The maximum absolute atomic E-state index is 12.4. The number of amides is 1. The molecule has 0 radical (unpaired) electrons. The van der Waals surface area contributed by atoms with Crippen LogP contribution in [-0.2, 0) is 6.54 Å². The lowest BCUT2D eigenvalue weighted by Gasteiger charge is -2.22. The number of likely N-dealkylation sites (N-methyl/N-ethyl adjacent to an activating group) is 1. The molecule has 1 aromatic heterocycles. The fourth-order valence-corrected chi connectivity index (χ4v) is 2.78. The van der Waals surface area contributed by atoms with Crippen molar-refractivity contribution in [3.05, 3.63) is 59.5 Å². The molecule has 2 rings (SSSR count). The third-order valence-electron chi connectivity index (χ3n) is 4.47. The van der Waals surface area contributed by atoms with Gasteiger partial charge in [-0.2, -0.15) is 0 Å². The van der Waals surface area contributed by atoms with Gasteiger partial charge in [-0.3, -0.25) is 14.6 Å². The van der Waals surface area contributed by atoms with Gasteiger partial charge in [-0.05, 0) is 57.0 Å². The van der Waals surface area contributed by atoms with Gasteiger partial charge in [0.25, 0.3) is 5.91 Å². The number of hydrogen-bond acceptors (Lipinski definition) is 4. The first-order chi connectivity index (χ1) is 12.0. The fourth-order valence-electron chi connectivity index (χ4n) is 2.78. The average molecular weight is 343 g/mol. The van der Waals surface area contributed by atoms with Gasteiger partial charge in [0.1, 0.15) is 5.76 Å². The van der Waals surface area contributed by atoms with E-state index in [-0.39, 0.29) is 11.9 Å². The molecule has 136 valence electrons. The summed E-state index contributed by atoms with van der Waals surface area (Å²) in [5.41, 5.74) is 1.90. The molecule has 1 unspecified atom stereocenters. The third-order valence-corrected chi connectivity index (χ3v) is 4.47. The summed E-state index contributed by atoms with van der Waals surface area (Å²) in [6, 6.07) is 11.7. The highest BCUT2D eigenvalue weighted by Gasteiger charge is 2.18. The van der Waals surface area contributed by atoms with Crippen molar-refractivity contribution in [2.45, 2.75) is 26.4 Å². The molecule has 1 heterocycles. The van der Waals surface area contributed by atoms with Crippen LogP contribution < -0.4 is 5.32 Å². The number of hydrogen-bond donors (Lipinski definition) is 1. The maximum Gasteiger partial charge on any atom is 0.251 e. The van der Waals surface area contributed by atoms with Crippen LogP contribution in [0.25, 0.3) is 0 Å². The van der Waals surface area contributed by atoms with Crippen LogP contribution in [0.5, 0.6) is 0 Å². The van der Waals surface area contributed by atoms with Gasteiger partial charge in [-0.25, -0.2) is 0 Å². The van der Waals surface area contributed by atoms with E-state index in [4.69, 9.17) is 4.42 Å². The fraction of sp³-hybridized carbons (Fsp3) is 0.450. The first kappa shape index (κ1) is 19.2. The van der Waals surface area contributed by atoms with E-state index in [1.807, 2.05) is 55.4 Å². The molecule has 0 aliphatic carbocycles. The Balaban J connectivity index is 1.94. The van der Waals surface area contributed by atoms with Gasteiger partial charge in [-0.15, -0.1) is 0 Å². The highest BCUT2D eigenvalue weighted by Crippen LogP contribution is 2.17. The Morgan fingerprint density at radius 3 is 2.32 bits per heavy atom. The first-order valence-electron chi connectivity index (χ1n) is 8.84. The molecule has 0 aliphatic heterocycles. The summed E-state index contributed by atoms with van der Waals surface area (Å²) in [5.74, 6) is 0.785. The van der Waals surface area contributed by atoms with E-state index < -0.39 is 0 Å². The van der Waals surface area contributed by atoms with Crippen LogP contribution in [0.4, 0.5) is 0 Å². The maximum atomic E-state index is 12.4. The summed E-state index contributed by atoms with van der Waals surface area (Å²) in [6.45, 7) is 7.78. The molecule has 0 fully saturated rings. The Bertz CT molecular complexity index is 631. The second-order valence-electron chi connectivity index (χ2n) is 6.36. The predicted molar refractivity (Wildman–Crippen MR) is 101 cm³/mol. The Labute approximate surface area is 150 Å². The van der Waals surface area contributed by atoms with Crippen LogP contribution in [0.3, 0.4) is 0 Å².